The SMILES string of the molecule is C[C@@H](C(=O)Nc1ccc(S(=O)(=O)N2CCCC2)cc1)[NH+]1CCCCCCC1. The molecule has 0 spiro atoms. The fourth-order valence-electron chi connectivity index (χ4n) is 4.02. The second-order valence-electron chi connectivity index (χ2n) is 7.77. The van der Waals surface area contributed by atoms with Gasteiger partial charge in [-0.3, -0.25) is 4.79 Å². The molecule has 2 saturated heterocycles. The molecule has 0 bridgehead atoms. The quantitative estimate of drug-likeness (QED) is 0.798. The number of carbonyl (C=O) groups is 1. The Morgan fingerprint density at radius 1 is 0.963 bits per heavy atom. The van der Waals surface area contributed by atoms with E-state index in [2.05, 4.69) is 5.32 Å². The lowest BCUT2D eigenvalue weighted by molar-refractivity contribution is -0.914. The van der Waals surface area contributed by atoms with Crippen molar-refractivity contribution in [1.82, 2.24) is 4.31 Å². The van der Waals surface area contributed by atoms with Gasteiger partial charge in [-0.2, -0.15) is 4.31 Å². The lowest BCUT2D eigenvalue weighted by Crippen LogP contribution is -3.16. The van der Waals surface area contributed by atoms with E-state index in [4.69, 9.17) is 0 Å². The molecule has 3 rings (SSSR count). The van der Waals surface area contributed by atoms with Crippen LogP contribution in [0.1, 0.15) is 51.9 Å². The topological polar surface area (TPSA) is 70.9 Å². The number of nitrogens with one attached hydrogen (secondary N) is 2. The minimum Gasteiger partial charge on any atom is -0.325 e. The molecule has 1 amide bonds. The van der Waals surface area contributed by atoms with Crippen molar-refractivity contribution in [2.24, 2.45) is 0 Å². The van der Waals surface area contributed by atoms with Gasteiger partial charge in [0.2, 0.25) is 10.0 Å². The van der Waals surface area contributed by atoms with Crippen molar-refractivity contribution in [2.45, 2.75) is 62.8 Å². The van der Waals surface area contributed by atoms with Gasteiger partial charge in [-0.15, -0.1) is 0 Å². The molecule has 0 saturated carbocycles. The van der Waals surface area contributed by atoms with E-state index >= 15 is 0 Å². The maximum Gasteiger partial charge on any atom is 0.282 e. The lowest BCUT2D eigenvalue weighted by atomic mass is 10.1. The predicted molar refractivity (Wildman–Crippen MR) is 106 cm³/mol. The third kappa shape index (κ3) is 5.09. The summed E-state index contributed by atoms with van der Waals surface area (Å²) in [5.41, 5.74) is 0.652. The van der Waals surface area contributed by atoms with E-state index in [0.29, 0.717) is 23.7 Å². The molecule has 1 aromatic carbocycles. The summed E-state index contributed by atoms with van der Waals surface area (Å²) >= 11 is 0. The summed E-state index contributed by atoms with van der Waals surface area (Å²) in [5, 5.41) is 2.96. The van der Waals surface area contributed by atoms with Gasteiger partial charge in [0.25, 0.3) is 5.91 Å². The molecule has 150 valence electrons. The third-order valence-corrected chi connectivity index (χ3v) is 7.74. The molecule has 1 atom stereocenters. The first-order valence-corrected chi connectivity index (χ1v) is 11.7. The van der Waals surface area contributed by atoms with Gasteiger partial charge in [-0.25, -0.2) is 8.42 Å². The highest BCUT2D eigenvalue weighted by molar-refractivity contribution is 7.89. The zero-order valence-electron chi connectivity index (χ0n) is 16.2. The van der Waals surface area contributed by atoms with E-state index in [0.717, 1.165) is 25.9 Å². The van der Waals surface area contributed by atoms with Crippen molar-refractivity contribution in [3.8, 4) is 0 Å². The van der Waals surface area contributed by atoms with Gasteiger partial charge < -0.3 is 10.2 Å². The summed E-state index contributed by atoms with van der Waals surface area (Å²) in [6.07, 6.45) is 8.01. The minimum atomic E-state index is -3.41. The summed E-state index contributed by atoms with van der Waals surface area (Å²) in [6.45, 7) is 5.26. The molecule has 1 aromatic rings. The number of quaternary nitrogens is 1. The van der Waals surface area contributed by atoms with Crippen LogP contribution in [0.4, 0.5) is 5.69 Å². The fraction of sp³-hybridized carbons (Fsp3) is 0.650. The highest BCUT2D eigenvalue weighted by atomic mass is 32.2. The Balaban J connectivity index is 1.60. The molecular formula is C20H32N3O3S+. The van der Waals surface area contributed by atoms with Gasteiger partial charge in [-0.1, -0.05) is 6.42 Å². The highest BCUT2D eigenvalue weighted by Crippen LogP contribution is 2.22. The van der Waals surface area contributed by atoms with Gasteiger partial charge in [-0.05, 0) is 69.7 Å². The number of benzene rings is 1. The smallest absolute Gasteiger partial charge is 0.282 e. The summed E-state index contributed by atoms with van der Waals surface area (Å²) in [6, 6.07) is 6.47. The molecule has 2 fully saturated rings. The van der Waals surface area contributed by atoms with Crippen LogP contribution in [0.15, 0.2) is 29.2 Å². The molecule has 2 N–H and O–H groups in total. The number of amides is 1. The maximum absolute atomic E-state index is 12.6. The summed E-state index contributed by atoms with van der Waals surface area (Å²) < 4.78 is 26.7. The van der Waals surface area contributed by atoms with Crippen LogP contribution in [-0.4, -0.2) is 50.9 Å². The summed E-state index contributed by atoms with van der Waals surface area (Å²) in [4.78, 5) is 14.3. The molecule has 6 nitrogen and oxygen atoms in total. The fourth-order valence-corrected chi connectivity index (χ4v) is 5.53. The first kappa shape index (κ1) is 20.3. The van der Waals surface area contributed by atoms with E-state index in [1.165, 1.54) is 41.3 Å². The number of rotatable bonds is 5. The number of nitrogens with zero attached hydrogens (tertiary/aromatic N) is 1. The standard InChI is InChI=1S/C20H31N3O3S/c1-17(22-13-5-3-2-4-6-14-22)20(24)21-18-9-11-19(12-10-18)27(25,26)23-15-7-8-16-23/h9-12,17H,2-8,13-16H2,1H3,(H,21,24)/p+1/t17-/m0/s1. The van der Waals surface area contributed by atoms with E-state index in [-0.39, 0.29) is 11.9 Å². The van der Waals surface area contributed by atoms with Crippen molar-refractivity contribution in [3.63, 3.8) is 0 Å². The normalized spacial score (nSPS) is 21.4. The van der Waals surface area contributed by atoms with E-state index in [9.17, 15) is 13.2 Å². The van der Waals surface area contributed by atoms with Crippen LogP contribution in [0.2, 0.25) is 0 Å². The zero-order chi connectivity index (χ0) is 19.3. The summed E-state index contributed by atoms with van der Waals surface area (Å²) in [7, 11) is -3.41. The molecule has 0 radical (unpaired) electrons. The number of hydrogen-bond donors (Lipinski definition) is 2. The van der Waals surface area contributed by atoms with Gasteiger partial charge in [0.1, 0.15) is 0 Å². The minimum absolute atomic E-state index is 0.000670. The Hall–Kier alpha value is -1.44. The lowest BCUT2D eigenvalue weighted by Gasteiger charge is -2.27. The second-order valence-corrected chi connectivity index (χ2v) is 9.71. The molecule has 2 aliphatic rings. The number of likely N-dealkylation sites (tertiary alicyclic amines) is 1. The molecule has 2 aliphatic heterocycles. The number of anilines is 1. The summed E-state index contributed by atoms with van der Waals surface area (Å²) in [5.74, 6) is 0.000670. The number of carbonyl (C=O) groups excluding carboxylic acids is 1. The molecule has 27 heavy (non-hydrogen) atoms. The Morgan fingerprint density at radius 2 is 1.52 bits per heavy atom. The average Bonchev–Trinajstić information content (AvgIpc) is 3.17. The Bertz CT molecular complexity index is 719. The number of hydrogen-bond acceptors (Lipinski definition) is 3. The first-order chi connectivity index (χ1) is 13.0. The number of sulfonamides is 1. The van der Waals surface area contributed by atoms with Crippen molar-refractivity contribution in [1.29, 1.82) is 0 Å². The van der Waals surface area contributed by atoms with Crippen LogP contribution in [0.25, 0.3) is 0 Å². The molecule has 0 aromatic heterocycles. The average molecular weight is 395 g/mol. The molecule has 7 heteroatoms. The van der Waals surface area contributed by atoms with Gasteiger partial charge >= 0.3 is 0 Å². The van der Waals surface area contributed by atoms with Crippen molar-refractivity contribution < 1.29 is 18.1 Å². The first-order valence-electron chi connectivity index (χ1n) is 10.2. The maximum atomic E-state index is 12.6. The zero-order valence-corrected chi connectivity index (χ0v) is 17.1. The molecule has 0 unspecified atom stereocenters. The van der Waals surface area contributed by atoms with Crippen LogP contribution >= 0.6 is 0 Å². The van der Waals surface area contributed by atoms with Crippen molar-refractivity contribution in [3.05, 3.63) is 24.3 Å². The Morgan fingerprint density at radius 3 is 2.11 bits per heavy atom. The highest BCUT2D eigenvalue weighted by Gasteiger charge is 2.28. The molecular weight excluding hydrogens is 362 g/mol. The molecule has 2 heterocycles. The van der Waals surface area contributed by atoms with Crippen LogP contribution < -0.4 is 10.2 Å². The van der Waals surface area contributed by atoms with Crippen LogP contribution in [0.3, 0.4) is 0 Å². The monoisotopic (exact) mass is 394 g/mol. The second kappa shape index (κ2) is 9.17. The predicted octanol–water partition coefficient (Wildman–Crippen LogP) is 1.65. The van der Waals surface area contributed by atoms with Crippen molar-refractivity contribution in [2.75, 3.05) is 31.5 Å². The van der Waals surface area contributed by atoms with Crippen LogP contribution in [0.5, 0.6) is 0 Å². The van der Waals surface area contributed by atoms with E-state index < -0.39 is 10.0 Å². The van der Waals surface area contributed by atoms with Gasteiger partial charge in [0.15, 0.2) is 6.04 Å². The van der Waals surface area contributed by atoms with Crippen LogP contribution in [-0.2, 0) is 14.8 Å². The largest absolute Gasteiger partial charge is 0.325 e. The molecule has 0 aliphatic carbocycles. The van der Waals surface area contributed by atoms with Crippen LogP contribution in [0, 0.1) is 0 Å². The Kier molecular flexibility index (Phi) is 6.89. The third-order valence-electron chi connectivity index (χ3n) is 5.83. The van der Waals surface area contributed by atoms with Crippen molar-refractivity contribution >= 4 is 21.6 Å². The van der Waals surface area contributed by atoms with Gasteiger partial charge in [0, 0.05) is 18.8 Å². The van der Waals surface area contributed by atoms with Gasteiger partial charge in [0.05, 0.1) is 18.0 Å². The Labute approximate surface area is 163 Å². The van der Waals surface area contributed by atoms with E-state index in [1.807, 2.05) is 6.92 Å². The van der Waals surface area contributed by atoms with E-state index in [1.54, 1.807) is 24.3 Å².